The van der Waals surface area contributed by atoms with Crippen LogP contribution in [0, 0.1) is 5.92 Å². The summed E-state index contributed by atoms with van der Waals surface area (Å²) in [6.07, 6.45) is 5.38. The molecule has 0 heterocycles. The molecule has 1 nitrogen and oxygen atoms in total. The molecule has 2 rings (SSSR count). The van der Waals surface area contributed by atoms with Gasteiger partial charge in [0, 0.05) is 12.1 Å². The Morgan fingerprint density at radius 3 is 2.29 bits per heavy atom. The van der Waals surface area contributed by atoms with E-state index in [1.165, 1.54) is 30.4 Å². The van der Waals surface area contributed by atoms with E-state index < -0.39 is 0 Å². The summed E-state index contributed by atoms with van der Waals surface area (Å²) in [6.45, 7) is 6.81. The monoisotopic (exact) mass is 231 g/mol. The number of rotatable bonds is 5. The molecule has 0 radical (unpaired) electrons. The second-order valence-corrected chi connectivity index (χ2v) is 5.46. The quantitative estimate of drug-likeness (QED) is 0.805. The lowest BCUT2D eigenvalue weighted by Crippen LogP contribution is -2.38. The van der Waals surface area contributed by atoms with Crippen molar-refractivity contribution in [2.75, 3.05) is 0 Å². The molecule has 1 aromatic carbocycles. The number of hydrogen-bond donors (Lipinski definition) is 1. The summed E-state index contributed by atoms with van der Waals surface area (Å²) < 4.78 is 0. The van der Waals surface area contributed by atoms with Gasteiger partial charge in [-0.2, -0.15) is 0 Å². The third-order valence-corrected chi connectivity index (χ3v) is 4.26. The van der Waals surface area contributed by atoms with Crippen molar-refractivity contribution in [3.8, 4) is 0 Å². The summed E-state index contributed by atoms with van der Waals surface area (Å²) in [5.41, 5.74) is 2.83. The molecule has 0 aromatic heterocycles. The van der Waals surface area contributed by atoms with Crippen LogP contribution in [0.2, 0.25) is 0 Å². The van der Waals surface area contributed by atoms with E-state index in [-0.39, 0.29) is 0 Å². The molecule has 0 saturated heterocycles. The molecular weight excluding hydrogens is 206 g/mol. The largest absolute Gasteiger partial charge is 0.307 e. The Morgan fingerprint density at radius 2 is 1.82 bits per heavy atom. The molecule has 1 N–H and O–H groups in total. The second kappa shape index (κ2) is 5.68. The average molecular weight is 231 g/mol. The summed E-state index contributed by atoms with van der Waals surface area (Å²) in [7, 11) is 0. The van der Waals surface area contributed by atoms with Crippen LogP contribution >= 0.6 is 0 Å². The van der Waals surface area contributed by atoms with Gasteiger partial charge in [-0.3, -0.25) is 0 Å². The first-order chi connectivity index (χ1) is 8.20. The number of nitrogens with one attached hydrogen (secondary N) is 1. The van der Waals surface area contributed by atoms with Crippen LogP contribution in [0.4, 0.5) is 0 Å². The van der Waals surface area contributed by atoms with Crippen LogP contribution in [0.5, 0.6) is 0 Å². The minimum absolute atomic E-state index is 0.469. The summed E-state index contributed by atoms with van der Waals surface area (Å²) in [5.74, 6) is 0.910. The minimum Gasteiger partial charge on any atom is -0.307 e. The molecule has 17 heavy (non-hydrogen) atoms. The van der Waals surface area contributed by atoms with Gasteiger partial charge in [0.25, 0.3) is 0 Å². The Hall–Kier alpha value is -0.820. The molecule has 0 amide bonds. The molecule has 1 saturated carbocycles. The fraction of sp³-hybridized carbons (Fsp3) is 0.625. The highest BCUT2D eigenvalue weighted by Crippen LogP contribution is 2.30. The van der Waals surface area contributed by atoms with Crippen LogP contribution in [0.15, 0.2) is 24.3 Å². The van der Waals surface area contributed by atoms with Gasteiger partial charge in [0.05, 0.1) is 0 Å². The molecule has 2 atom stereocenters. The maximum atomic E-state index is 3.74. The number of aryl methyl sites for hydroxylation is 1. The van der Waals surface area contributed by atoms with E-state index in [9.17, 15) is 0 Å². The van der Waals surface area contributed by atoms with Gasteiger partial charge in [-0.05, 0) is 50.2 Å². The van der Waals surface area contributed by atoms with Crippen LogP contribution < -0.4 is 5.32 Å². The molecular formula is C16H25N. The van der Waals surface area contributed by atoms with E-state index in [4.69, 9.17) is 0 Å². The highest BCUT2D eigenvalue weighted by atomic mass is 14.9. The summed E-state index contributed by atoms with van der Waals surface area (Å²) in [6, 6.07) is 10.2. The lowest BCUT2D eigenvalue weighted by molar-refractivity contribution is 0.230. The van der Waals surface area contributed by atoms with Crippen molar-refractivity contribution >= 4 is 0 Å². The van der Waals surface area contributed by atoms with E-state index in [0.29, 0.717) is 12.1 Å². The van der Waals surface area contributed by atoms with E-state index in [2.05, 4.69) is 50.4 Å². The topological polar surface area (TPSA) is 12.0 Å². The first kappa shape index (κ1) is 12.6. The number of benzene rings is 1. The Balaban J connectivity index is 1.91. The zero-order chi connectivity index (χ0) is 12.3. The van der Waals surface area contributed by atoms with E-state index in [1.54, 1.807) is 0 Å². The van der Waals surface area contributed by atoms with Crippen molar-refractivity contribution in [2.45, 2.75) is 58.5 Å². The number of hydrogen-bond acceptors (Lipinski definition) is 1. The molecule has 1 aliphatic rings. The van der Waals surface area contributed by atoms with Crippen LogP contribution in [-0.2, 0) is 6.42 Å². The van der Waals surface area contributed by atoms with Crippen LogP contribution in [0.3, 0.4) is 0 Å². The predicted octanol–water partition coefficient (Wildman–Crippen LogP) is 4.09. The van der Waals surface area contributed by atoms with Gasteiger partial charge >= 0.3 is 0 Å². The lowest BCUT2D eigenvalue weighted by Gasteiger charge is -2.34. The zero-order valence-electron chi connectivity index (χ0n) is 11.4. The zero-order valence-corrected chi connectivity index (χ0v) is 11.4. The Morgan fingerprint density at radius 1 is 1.18 bits per heavy atom. The van der Waals surface area contributed by atoms with Gasteiger partial charge in [0.15, 0.2) is 0 Å². The van der Waals surface area contributed by atoms with Crippen molar-refractivity contribution in [3.05, 3.63) is 35.4 Å². The first-order valence-corrected chi connectivity index (χ1v) is 7.05. The van der Waals surface area contributed by atoms with Crippen LogP contribution in [-0.4, -0.2) is 6.04 Å². The van der Waals surface area contributed by atoms with E-state index in [0.717, 1.165) is 12.3 Å². The van der Waals surface area contributed by atoms with E-state index >= 15 is 0 Å². The van der Waals surface area contributed by atoms with Gasteiger partial charge in [0.1, 0.15) is 0 Å². The predicted molar refractivity (Wildman–Crippen MR) is 74.2 cm³/mol. The van der Waals surface area contributed by atoms with Gasteiger partial charge in [-0.25, -0.2) is 0 Å². The molecule has 1 aromatic rings. The van der Waals surface area contributed by atoms with Crippen molar-refractivity contribution in [3.63, 3.8) is 0 Å². The molecule has 94 valence electrons. The van der Waals surface area contributed by atoms with Crippen LogP contribution in [0.1, 0.15) is 57.2 Å². The SMILES string of the molecule is CCc1ccc(C(C)NC(C)C2CCC2)cc1. The summed E-state index contributed by atoms with van der Waals surface area (Å²) in [4.78, 5) is 0. The van der Waals surface area contributed by atoms with Gasteiger partial charge < -0.3 is 5.32 Å². The van der Waals surface area contributed by atoms with Crippen LogP contribution in [0.25, 0.3) is 0 Å². The molecule has 1 fully saturated rings. The summed E-state index contributed by atoms with van der Waals surface area (Å²) in [5, 5.41) is 3.74. The Bertz CT molecular complexity index is 337. The highest BCUT2D eigenvalue weighted by Gasteiger charge is 2.24. The standard InChI is InChI=1S/C16H25N/c1-4-14-8-10-16(11-9-14)13(3)17-12(2)15-6-5-7-15/h8-13,15,17H,4-7H2,1-3H3. The maximum absolute atomic E-state index is 3.74. The molecule has 0 bridgehead atoms. The fourth-order valence-corrected chi connectivity index (χ4v) is 2.61. The normalized spacial score (nSPS) is 19.7. The lowest BCUT2D eigenvalue weighted by atomic mass is 9.80. The summed E-state index contributed by atoms with van der Waals surface area (Å²) >= 11 is 0. The maximum Gasteiger partial charge on any atom is 0.0294 e. The Kier molecular flexibility index (Phi) is 4.22. The van der Waals surface area contributed by atoms with Crippen molar-refractivity contribution < 1.29 is 0 Å². The third-order valence-electron chi connectivity index (χ3n) is 4.26. The third kappa shape index (κ3) is 3.10. The van der Waals surface area contributed by atoms with Crippen molar-refractivity contribution in [1.82, 2.24) is 5.32 Å². The van der Waals surface area contributed by atoms with Gasteiger partial charge in [-0.1, -0.05) is 37.6 Å². The fourth-order valence-electron chi connectivity index (χ4n) is 2.61. The molecule has 0 spiro atoms. The van der Waals surface area contributed by atoms with Crippen molar-refractivity contribution in [2.24, 2.45) is 5.92 Å². The molecule has 0 aliphatic heterocycles. The first-order valence-electron chi connectivity index (χ1n) is 7.05. The van der Waals surface area contributed by atoms with Gasteiger partial charge in [-0.15, -0.1) is 0 Å². The molecule has 1 aliphatic carbocycles. The van der Waals surface area contributed by atoms with E-state index in [1.807, 2.05) is 0 Å². The smallest absolute Gasteiger partial charge is 0.0294 e. The Labute approximate surface area is 106 Å². The minimum atomic E-state index is 0.469. The van der Waals surface area contributed by atoms with Gasteiger partial charge in [0.2, 0.25) is 0 Å². The van der Waals surface area contributed by atoms with Crippen molar-refractivity contribution in [1.29, 1.82) is 0 Å². The average Bonchev–Trinajstić information content (AvgIpc) is 2.26. The second-order valence-electron chi connectivity index (χ2n) is 5.46. The highest BCUT2D eigenvalue weighted by molar-refractivity contribution is 5.24. The molecule has 1 heteroatoms. The molecule has 2 unspecified atom stereocenters.